The Labute approximate surface area is 232 Å². The number of hydrogen-bond acceptors (Lipinski definition) is 7. The molecule has 40 heavy (non-hydrogen) atoms. The third kappa shape index (κ3) is 4.86. The predicted molar refractivity (Wildman–Crippen MR) is 154 cm³/mol. The molecule has 0 unspecified atom stereocenters. The van der Waals surface area contributed by atoms with Crippen LogP contribution >= 0.6 is 0 Å². The number of carbonyl (C=O) groups excluding carboxylic acids is 1. The zero-order valence-corrected chi connectivity index (χ0v) is 22.1. The Hall–Kier alpha value is -5.12. The van der Waals surface area contributed by atoms with Crippen molar-refractivity contribution < 1.29 is 4.79 Å². The molecule has 1 aromatic carbocycles. The Morgan fingerprint density at radius 3 is 2.70 bits per heavy atom. The van der Waals surface area contributed by atoms with Crippen LogP contribution in [0, 0.1) is 23.7 Å². The Bertz CT molecular complexity index is 1700. The summed E-state index contributed by atoms with van der Waals surface area (Å²) in [5.74, 6) is 3.37. The van der Waals surface area contributed by atoms with Gasteiger partial charge in [-0.15, -0.1) is 6.42 Å². The van der Waals surface area contributed by atoms with Crippen LogP contribution in [0.3, 0.4) is 0 Å². The van der Waals surface area contributed by atoms with Gasteiger partial charge < -0.3 is 15.2 Å². The second-order valence-electron chi connectivity index (χ2n) is 10.1. The number of terminal acetylenes is 1. The number of amides is 1. The number of nitriles is 1. The van der Waals surface area contributed by atoms with Gasteiger partial charge in [0.15, 0.2) is 0 Å². The number of aromatic nitrogens is 3. The van der Waals surface area contributed by atoms with E-state index in [2.05, 4.69) is 51.1 Å². The Morgan fingerprint density at radius 2 is 2.00 bits per heavy atom. The summed E-state index contributed by atoms with van der Waals surface area (Å²) in [4.78, 5) is 19.7. The maximum Gasteiger partial charge on any atom is 0.251 e. The molecule has 2 N–H and O–H groups in total. The molecule has 6 rings (SSSR count). The molecule has 3 aromatic heterocycles. The molecule has 5 heterocycles. The van der Waals surface area contributed by atoms with Gasteiger partial charge in [0.05, 0.1) is 17.3 Å². The summed E-state index contributed by atoms with van der Waals surface area (Å²) in [6.45, 7) is 2.30. The molecule has 0 saturated carbocycles. The number of anilines is 1. The van der Waals surface area contributed by atoms with Crippen LogP contribution in [0.1, 0.15) is 39.9 Å². The van der Waals surface area contributed by atoms with Crippen LogP contribution in [0.25, 0.3) is 22.2 Å². The second kappa shape index (κ2) is 10.6. The van der Waals surface area contributed by atoms with E-state index in [1.54, 1.807) is 28.9 Å². The lowest BCUT2D eigenvalue weighted by Gasteiger charge is -2.33. The van der Waals surface area contributed by atoms with Crippen molar-refractivity contribution in [3.63, 3.8) is 0 Å². The van der Waals surface area contributed by atoms with E-state index in [-0.39, 0.29) is 11.9 Å². The fourth-order valence-electron chi connectivity index (χ4n) is 5.31. The molecule has 0 radical (unpaired) electrons. The highest BCUT2D eigenvalue weighted by Crippen LogP contribution is 2.32. The maximum absolute atomic E-state index is 12.7. The first-order chi connectivity index (χ1) is 19.5. The Morgan fingerprint density at radius 1 is 1.15 bits per heavy atom. The van der Waals surface area contributed by atoms with Crippen molar-refractivity contribution in [2.75, 3.05) is 31.6 Å². The number of hydrogen-bond donors (Lipinski definition) is 2. The second-order valence-corrected chi connectivity index (χ2v) is 10.1. The van der Waals surface area contributed by atoms with Crippen molar-refractivity contribution in [3.05, 3.63) is 89.5 Å². The van der Waals surface area contributed by atoms with Crippen molar-refractivity contribution in [1.29, 1.82) is 5.26 Å². The van der Waals surface area contributed by atoms with Crippen molar-refractivity contribution in [2.24, 2.45) is 0 Å². The van der Waals surface area contributed by atoms with Gasteiger partial charge in [-0.3, -0.25) is 4.79 Å². The molecule has 1 amide bonds. The topological polar surface area (TPSA) is 102 Å². The standard InChI is InChI=1S/C31H28N8O/c1-3-21-5-4-6-22(13-21)31(40)36-27-9-11-38(12-10-27)29-8-7-23(16-33-29)28-14-24(26-18-34-37(2)19-26)20-39-30(28)25(15-32)17-35-39/h1,4-8,13-14,16-17,19-20,27,34H,9-12,18H2,2H3,(H,36,40). The lowest BCUT2D eigenvalue weighted by atomic mass is 10.00. The fourth-order valence-corrected chi connectivity index (χ4v) is 5.31. The van der Waals surface area contributed by atoms with E-state index in [1.165, 1.54) is 0 Å². The summed E-state index contributed by atoms with van der Waals surface area (Å²) in [5, 5.41) is 19.2. The van der Waals surface area contributed by atoms with Gasteiger partial charge in [-0.25, -0.2) is 14.9 Å². The summed E-state index contributed by atoms with van der Waals surface area (Å²) in [6, 6.07) is 15.7. The molecule has 198 valence electrons. The molecule has 9 nitrogen and oxygen atoms in total. The van der Waals surface area contributed by atoms with Crippen LogP contribution < -0.4 is 15.6 Å². The van der Waals surface area contributed by atoms with E-state index >= 15 is 0 Å². The summed E-state index contributed by atoms with van der Waals surface area (Å²) in [7, 11) is 1.96. The third-order valence-corrected chi connectivity index (χ3v) is 7.48. The first-order valence-electron chi connectivity index (χ1n) is 13.2. The summed E-state index contributed by atoms with van der Waals surface area (Å²) < 4.78 is 1.78. The minimum absolute atomic E-state index is 0.0956. The molecule has 0 atom stereocenters. The van der Waals surface area contributed by atoms with Crippen molar-refractivity contribution >= 4 is 22.8 Å². The molecular formula is C31H28N8O. The Kier molecular flexibility index (Phi) is 6.65. The van der Waals surface area contributed by atoms with Crippen LogP contribution in [-0.4, -0.2) is 58.2 Å². The lowest BCUT2D eigenvalue weighted by molar-refractivity contribution is 0.0931. The zero-order valence-electron chi connectivity index (χ0n) is 22.1. The highest BCUT2D eigenvalue weighted by atomic mass is 16.1. The van der Waals surface area contributed by atoms with E-state index in [0.29, 0.717) is 16.7 Å². The van der Waals surface area contributed by atoms with E-state index in [9.17, 15) is 10.1 Å². The fraction of sp³-hybridized carbons (Fsp3) is 0.226. The smallest absolute Gasteiger partial charge is 0.251 e. The number of nitrogens with one attached hydrogen (secondary N) is 2. The third-order valence-electron chi connectivity index (χ3n) is 7.48. The molecule has 0 bridgehead atoms. The van der Waals surface area contributed by atoms with Gasteiger partial charge in [0.25, 0.3) is 5.91 Å². The molecule has 0 spiro atoms. The van der Waals surface area contributed by atoms with Gasteiger partial charge >= 0.3 is 0 Å². The van der Waals surface area contributed by atoms with Crippen molar-refractivity contribution in [2.45, 2.75) is 18.9 Å². The molecule has 2 aliphatic rings. The minimum Gasteiger partial charge on any atom is -0.356 e. The van der Waals surface area contributed by atoms with Crippen molar-refractivity contribution in [1.82, 2.24) is 30.3 Å². The van der Waals surface area contributed by atoms with E-state index in [4.69, 9.17) is 11.4 Å². The predicted octanol–water partition coefficient (Wildman–Crippen LogP) is 3.44. The minimum atomic E-state index is -0.0982. The molecule has 1 saturated heterocycles. The summed E-state index contributed by atoms with van der Waals surface area (Å²) in [6.07, 6.45) is 14.6. The molecular weight excluding hydrogens is 500 g/mol. The number of piperidine rings is 1. The molecule has 4 aromatic rings. The number of hydrazine groups is 1. The van der Waals surface area contributed by atoms with E-state index in [1.807, 2.05) is 36.6 Å². The number of carbonyl (C=O) groups is 1. The van der Waals surface area contributed by atoms with Gasteiger partial charge in [-0.1, -0.05) is 12.0 Å². The normalized spacial score (nSPS) is 15.5. The highest BCUT2D eigenvalue weighted by molar-refractivity contribution is 5.94. The average molecular weight is 529 g/mol. The van der Waals surface area contributed by atoms with Gasteiger partial charge in [0.1, 0.15) is 11.9 Å². The summed E-state index contributed by atoms with van der Waals surface area (Å²) in [5.41, 5.74) is 9.85. The van der Waals surface area contributed by atoms with Crippen LogP contribution in [0.5, 0.6) is 0 Å². The van der Waals surface area contributed by atoms with Gasteiger partial charge in [-0.05, 0) is 60.4 Å². The number of fused-ring (bicyclic) bond motifs is 1. The molecule has 1 fully saturated rings. The number of nitrogens with zero attached hydrogens (tertiary/aromatic N) is 6. The van der Waals surface area contributed by atoms with Gasteiger partial charge in [-0.2, -0.15) is 10.4 Å². The van der Waals surface area contributed by atoms with E-state index < -0.39 is 0 Å². The zero-order chi connectivity index (χ0) is 27.6. The number of pyridine rings is 2. The monoisotopic (exact) mass is 528 g/mol. The largest absolute Gasteiger partial charge is 0.356 e. The Balaban J connectivity index is 1.18. The first-order valence-corrected chi connectivity index (χ1v) is 13.2. The van der Waals surface area contributed by atoms with Crippen LogP contribution in [0.4, 0.5) is 5.82 Å². The molecule has 2 aliphatic heterocycles. The lowest BCUT2D eigenvalue weighted by Crippen LogP contribution is -2.45. The van der Waals surface area contributed by atoms with Crippen LogP contribution in [0.15, 0.2) is 67.3 Å². The molecule has 0 aliphatic carbocycles. The van der Waals surface area contributed by atoms with E-state index in [0.717, 1.165) is 66.1 Å². The molecule has 9 heteroatoms. The van der Waals surface area contributed by atoms with Crippen LogP contribution in [0.2, 0.25) is 0 Å². The number of rotatable bonds is 5. The maximum atomic E-state index is 12.7. The van der Waals surface area contributed by atoms with Crippen molar-refractivity contribution in [3.8, 4) is 29.5 Å². The highest BCUT2D eigenvalue weighted by Gasteiger charge is 2.23. The van der Waals surface area contributed by atoms with Gasteiger partial charge in [0, 0.05) is 73.6 Å². The first kappa shape index (κ1) is 25.2. The average Bonchev–Trinajstić information content (AvgIpc) is 3.63. The summed E-state index contributed by atoms with van der Waals surface area (Å²) >= 11 is 0. The number of benzene rings is 1. The quantitative estimate of drug-likeness (QED) is 0.383. The van der Waals surface area contributed by atoms with Gasteiger partial charge in [0.2, 0.25) is 0 Å². The van der Waals surface area contributed by atoms with Crippen LogP contribution in [-0.2, 0) is 0 Å². The SMILES string of the molecule is C#Cc1cccc(C(=O)NC2CCN(c3ccc(-c4cc(C5=CN(C)NC5)cn5ncc(C#N)c45)cn3)CC2)c1.